The van der Waals surface area contributed by atoms with E-state index in [1.54, 1.807) is 6.20 Å². The van der Waals surface area contributed by atoms with Gasteiger partial charge in [-0.05, 0) is 18.6 Å². The summed E-state index contributed by atoms with van der Waals surface area (Å²) in [6.45, 7) is 2.02. The Morgan fingerprint density at radius 3 is 2.67 bits per heavy atom. The summed E-state index contributed by atoms with van der Waals surface area (Å²) in [4.78, 5) is 0. The van der Waals surface area contributed by atoms with Gasteiger partial charge in [-0.15, -0.1) is 0 Å². The molecule has 1 nitrogen and oxygen atoms in total. The highest BCUT2D eigenvalue weighted by atomic mass is 14.8. The van der Waals surface area contributed by atoms with E-state index in [4.69, 9.17) is 0 Å². The lowest BCUT2D eigenvalue weighted by Gasteiger charge is -1.71. The number of nitrogens with zero attached hydrogens (tertiary/aromatic N) is 1. The lowest BCUT2D eigenvalue weighted by atomic mass is 10.4. The van der Waals surface area contributed by atoms with Crippen molar-refractivity contribution in [1.29, 1.82) is 0 Å². The van der Waals surface area contributed by atoms with Crippen LogP contribution in [0.15, 0.2) is 24.0 Å². The SMILES string of the molecule is CC1=C[N]C=C1. The van der Waals surface area contributed by atoms with Crippen LogP contribution >= 0.6 is 0 Å². The minimum atomic E-state index is 1.23. The van der Waals surface area contributed by atoms with Crippen LogP contribution in [0.25, 0.3) is 0 Å². The molecule has 0 N–H and O–H groups in total. The zero-order valence-corrected chi connectivity index (χ0v) is 3.68. The van der Waals surface area contributed by atoms with Crippen LogP contribution in [0.2, 0.25) is 0 Å². The highest BCUT2D eigenvalue weighted by molar-refractivity contribution is 5.20. The van der Waals surface area contributed by atoms with Crippen LogP contribution in [0.4, 0.5) is 0 Å². The zero-order valence-electron chi connectivity index (χ0n) is 3.68. The Labute approximate surface area is 37.4 Å². The Hall–Kier alpha value is -0.720. The van der Waals surface area contributed by atoms with E-state index in [1.165, 1.54) is 5.57 Å². The van der Waals surface area contributed by atoms with Crippen molar-refractivity contribution in [2.24, 2.45) is 0 Å². The molecule has 1 heterocycles. The maximum atomic E-state index is 3.82. The van der Waals surface area contributed by atoms with Crippen molar-refractivity contribution >= 4 is 0 Å². The van der Waals surface area contributed by atoms with Gasteiger partial charge < -0.3 is 0 Å². The van der Waals surface area contributed by atoms with Crippen molar-refractivity contribution in [2.75, 3.05) is 0 Å². The molecule has 0 aromatic rings. The van der Waals surface area contributed by atoms with E-state index in [-0.39, 0.29) is 0 Å². The minimum Gasteiger partial charge on any atom is -0.264 e. The summed E-state index contributed by atoms with van der Waals surface area (Å²) in [6, 6.07) is 0. The molecule has 1 aliphatic heterocycles. The molecule has 0 spiro atoms. The first-order chi connectivity index (χ1) is 2.89. The van der Waals surface area contributed by atoms with Gasteiger partial charge in [0.1, 0.15) is 0 Å². The van der Waals surface area contributed by atoms with Gasteiger partial charge in [-0.25, -0.2) is 0 Å². The van der Waals surface area contributed by atoms with Crippen molar-refractivity contribution in [2.45, 2.75) is 6.92 Å². The third-order valence-electron chi connectivity index (χ3n) is 0.702. The van der Waals surface area contributed by atoms with E-state index in [1.807, 2.05) is 19.2 Å². The Bertz CT molecular complexity index is 97.8. The molecule has 1 rings (SSSR count). The second-order valence-corrected chi connectivity index (χ2v) is 1.34. The van der Waals surface area contributed by atoms with Gasteiger partial charge in [0.2, 0.25) is 0 Å². The molecular weight excluding hydrogens is 74.1 g/mol. The molecule has 1 aliphatic rings. The van der Waals surface area contributed by atoms with Gasteiger partial charge in [0, 0.05) is 12.4 Å². The standard InChI is InChI=1S/C5H6N/c1-5-2-3-6-4-5/h2-4H,1H3. The van der Waals surface area contributed by atoms with Crippen molar-refractivity contribution in [3.05, 3.63) is 24.0 Å². The first-order valence-electron chi connectivity index (χ1n) is 1.93. The fourth-order valence-corrected chi connectivity index (χ4v) is 0.364. The van der Waals surface area contributed by atoms with Gasteiger partial charge in [-0.3, -0.25) is 5.32 Å². The molecule has 31 valence electrons. The van der Waals surface area contributed by atoms with E-state index < -0.39 is 0 Å². The predicted octanol–water partition coefficient (Wildman–Crippen LogP) is 1.02. The molecule has 0 atom stereocenters. The topological polar surface area (TPSA) is 14.1 Å². The molecule has 0 saturated carbocycles. The quantitative estimate of drug-likeness (QED) is 0.412. The molecule has 1 heteroatoms. The smallest absolute Gasteiger partial charge is 0.0297 e. The average molecular weight is 80.1 g/mol. The molecule has 0 aromatic heterocycles. The Morgan fingerprint density at radius 2 is 2.50 bits per heavy atom. The first kappa shape index (κ1) is 3.47. The summed E-state index contributed by atoms with van der Waals surface area (Å²) in [7, 11) is 0. The molecule has 0 bridgehead atoms. The molecule has 0 saturated heterocycles. The molecule has 0 aliphatic carbocycles. The Kier molecular flexibility index (Phi) is 0.675. The Balaban J connectivity index is 2.68. The normalized spacial score (nSPS) is 17.2. The van der Waals surface area contributed by atoms with Gasteiger partial charge in [0.25, 0.3) is 0 Å². The number of rotatable bonds is 0. The van der Waals surface area contributed by atoms with Crippen LogP contribution in [0.3, 0.4) is 0 Å². The van der Waals surface area contributed by atoms with E-state index >= 15 is 0 Å². The number of allylic oxidation sites excluding steroid dienone is 2. The highest BCUT2D eigenvalue weighted by Crippen LogP contribution is 1.97. The molecular formula is C5H6N. The molecule has 0 fully saturated rings. The molecule has 0 amide bonds. The monoisotopic (exact) mass is 80.1 g/mol. The van der Waals surface area contributed by atoms with Crippen LogP contribution in [-0.2, 0) is 0 Å². The van der Waals surface area contributed by atoms with Crippen LogP contribution in [-0.4, -0.2) is 0 Å². The van der Waals surface area contributed by atoms with Crippen LogP contribution in [0, 0.1) is 0 Å². The van der Waals surface area contributed by atoms with Gasteiger partial charge in [-0.2, -0.15) is 0 Å². The van der Waals surface area contributed by atoms with Crippen molar-refractivity contribution < 1.29 is 0 Å². The largest absolute Gasteiger partial charge is 0.264 e. The third-order valence-corrected chi connectivity index (χ3v) is 0.702. The summed E-state index contributed by atoms with van der Waals surface area (Å²) in [5.41, 5.74) is 1.23. The molecule has 1 radical (unpaired) electrons. The van der Waals surface area contributed by atoms with Crippen molar-refractivity contribution in [1.82, 2.24) is 5.32 Å². The summed E-state index contributed by atoms with van der Waals surface area (Å²) < 4.78 is 0. The van der Waals surface area contributed by atoms with E-state index in [9.17, 15) is 0 Å². The average Bonchev–Trinajstić information content (AvgIpc) is 1.86. The van der Waals surface area contributed by atoms with Crippen LogP contribution in [0.5, 0.6) is 0 Å². The fraction of sp³-hybridized carbons (Fsp3) is 0.200. The highest BCUT2D eigenvalue weighted by Gasteiger charge is 1.84. The number of hydrogen-bond donors (Lipinski definition) is 0. The summed E-state index contributed by atoms with van der Waals surface area (Å²) in [5.74, 6) is 0. The minimum absolute atomic E-state index is 1.23. The molecule has 6 heavy (non-hydrogen) atoms. The van der Waals surface area contributed by atoms with E-state index in [0.717, 1.165) is 0 Å². The third kappa shape index (κ3) is 0.432. The van der Waals surface area contributed by atoms with Gasteiger partial charge in [-0.1, -0.05) is 0 Å². The van der Waals surface area contributed by atoms with Gasteiger partial charge in [0.05, 0.1) is 0 Å². The van der Waals surface area contributed by atoms with Crippen LogP contribution in [0.1, 0.15) is 6.92 Å². The first-order valence-corrected chi connectivity index (χ1v) is 1.93. The summed E-state index contributed by atoms with van der Waals surface area (Å²) >= 11 is 0. The lowest BCUT2D eigenvalue weighted by Crippen LogP contribution is -1.70. The zero-order chi connectivity index (χ0) is 4.41. The van der Waals surface area contributed by atoms with Crippen LogP contribution < -0.4 is 5.32 Å². The van der Waals surface area contributed by atoms with Gasteiger partial charge in [0.15, 0.2) is 0 Å². The molecule has 0 unspecified atom stereocenters. The maximum absolute atomic E-state index is 3.82. The lowest BCUT2D eigenvalue weighted by molar-refractivity contribution is 1.20. The van der Waals surface area contributed by atoms with Gasteiger partial charge >= 0.3 is 0 Å². The van der Waals surface area contributed by atoms with Crippen molar-refractivity contribution in [3.8, 4) is 0 Å². The molecule has 0 aromatic carbocycles. The van der Waals surface area contributed by atoms with E-state index in [0.29, 0.717) is 0 Å². The van der Waals surface area contributed by atoms with E-state index in [2.05, 4.69) is 5.32 Å². The predicted molar refractivity (Wildman–Crippen MR) is 25.0 cm³/mol. The second-order valence-electron chi connectivity index (χ2n) is 1.34. The van der Waals surface area contributed by atoms with Crippen molar-refractivity contribution in [3.63, 3.8) is 0 Å². The second kappa shape index (κ2) is 1.17. The summed E-state index contributed by atoms with van der Waals surface area (Å²) in [5, 5.41) is 3.82. The number of hydrogen-bond acceptors (Lipinski definition) is 0. The fourth-order valence-electron chi connectivity index (χ4n) is 0.364. The Morgan fingerprint density at radius 1 is 1.67 bits per heavy atom. The maximum Gasteiger partial charge on any atom is 0.0297 e. The summed E-state index contributed by atoms with van der Waals surface area (Å²) in [6.07, 6.45) is 5.59.